The number of benzene rings is 1. The van der Waals surface area contributed by atoms with E-state index in [1.54, 1.807) is 7.11 Å². The summed E-state index contributed by atoms with van der Waals surface area (Å²) < 4.78 is 5.90. The predicted molar refractivity (Wildman–Crippen MR) is 63.6 cm³/mol. The van der Waals surface area contributed by atoms with Gasteiger partial charge in [0.2, 0.25) is 0 Å². The van der Waals surface area contributed by atoms with Gasteiger partial charge in [-0.3, -0.25) is 0 Å². The first-order chi connectivity index (χ1) is 7.29. The lowest BCUT2D eigenvalue weighted by Gasteiger charge is -2.04. The van der Waals surface area contributed by atoms with Crippen molar-refractivity contribution in [2.45, 2.75) is 0 Å². The van der Waals surface area contributed by atoms with Crippen LogP contribution in [0.15, 0.2) is 42.5 Å². The second kappa shape index (κ2) is 4.28. The van der Waals surface area contributed by atoms with Gasteiger partial charge >= 0.3 is 0 Å². The highest BCUT2D eigenvalue weighted by atomic mass is 32.1. The molecule has 1 heterocycles. The number of H-pyrrole nitrogens is 1. The molecule has 2 aromatic rings. The highest BCUT2D eigenvalue weighted by Gasteiger charge is 1.98. The molecule has 0 radical (unpaired) electrons. The van der Waals surface area contributed by atoms with Gasteiger partial charge in [0.25, 0.3) is 0 Å². The number of hydrogen-bond acceptors (Lipinski definition) is 2. The van der Waals surface area contributed by atoms with Gasteiger partial charge in [0.05, 0.1) is 7.11 Å². The molecule has 0 unspecified atom stereocenters. The summed E-state index contributed by atoms with van der Waals surface area (Å²) in [4.78, 5) is 3.13. The van der Waals surface area contributed by atoms with Gasteiger partial charge in [-0.05, 0) is 24.3 Å². The molecule has 3 heteroatoms. The lowest BCUT2D eigenvalue weighted by Crippen LogP contribution is -1.86. The number of methoxy groups -OCH3 is 1. The molecule has 0 aliphatic rings. The van der Waals surface area contributed by atoms with Crippen LogP contribution in [0.2, 0.25) is 0 Å². The third-order valence-electron chi connectivity index (χ3n) is 2.15. The van der Waals surface area contributed by atoms with E-state index in [1.165, 1.54) is 0 Å². The molecular formula is C12H11NOS. The van der Waals surface area contributed by atoms with Gasteiger partial charge in [-0.15, -0.1) is 0 Å². The molecule has 76 valence electrons. The summed E-state index contributed by atoms with van der Waals surface area (Å²) in [6, 6.07) is 13.7. The van der Waals surface area contributed by atoms with Gasteiger partial charge in [0, 0.05) is 11.3 Å². The van der Waals surface area contributed by atoms with Crippen LogP contribution in [-0.2, 0) is 0 Å². The average Bonchev–Trinajstić information content (AvgIpc) is 2.29. The number of aromatic nitrogens is 1. The minimum atomic E-state index is 0.732. The van der Waals surface area contributed by atoms with Crippen LogP contribution in [0, 0.1) is 4.64 Å². The molecule has 0 atom stereocenters. The zero-order valence-electron chi connectivity index (χ0n) is 8.36. The van der Waals surface area contributed by atoms with Gasteiger partial charge in [-0.1, -0.05) is 30.4 Å². The molecule has 1 N–H and O–H groups in total. The maximum absolute atomic E-state index is 5.17. The number of nitrogens with one attached hydrogen (secondary N) is 1. The molecule has 15 heavy (non-hydrogen) atoms. The van der Waals surface area contributed by atoms with Crippen molar-refractivity contribution in [3.63, 3.8) is 0 Å². The highest BCUT2D eigenvalue weighted by molar-refractivity contribution is 7.71. The Kier molecular flexibility index (Phi) is 2.83. The molecule has 0 amide bonds. The third kappa shape index (κ3) is 2.25. The SMILES string of the molecule is COc1cccc(-c2cccc(=S)[nH]2)c1. The fourth-order valence-electron chi connectivity index (χ4n) is 1.41. The second-order valence-corrected chi connectivity index (χ2v) is 3.60. The Hall–Kier alpha value is -1.61. The predicted octanol–water partition coefficient (Wildman–Crippen LogP) is 3.42. The van der Waals surface area contributed by atoms with Crippen LogP contribution in [0.25, 0.3) is 11.3 Å². The summed E-state index contributed by atoms with van der Waals surface area (Å²) in [6.07, 6.45) is 0. The molecule has 0 fully saturated rings. The zero-order valence-corrected chi connectivity index (χ0v) is 9.17. The summed E-state index contributed by atoms with van der Waals surface area (Å²) in [5.41, 5.74) is 2.07. The Bertz CT molecular complexity index is 519. The molecule has 0 bridgehead atoms. The van der Waals surface area contributed by atoms with Gasteiger partial charge in [0.1, 0.15) is 10.4 Å². The van der Waals surface area contributed by atoms with Gasteiger partial charge < -0.3 is 9.72 Å². The number of pyridine rings is 1. The molecule has 1 aromatic carbocycles. The lowest BCUT2D eigenvalue weighted by atomic mass is 10.1. The van der Waals surface area contributed by atoms with E-state index >= 15 is 0 Å². The number of hydrogen-bond donors (Lipinski definition) is 1. The normalized spacial score (nSPS) is 9.93. The fourth-order valence-corrected chi connectivity index (χ4v) is 1.60. The molecule has 0 saturated carbocycles. The van der Waals surface area contributed by atoms with Crippen LogP contribution in [0.4, 0.5) is 0 Å². The average molecular weight is 217 g/mol. The standard InChI is InChI=1S/C12H11NOS/c1-14-10-5-2-4-9(8-10)11-6-3-7-12(15)13-11/h2-8H,1H3,(H,13,15). The first kappa shape index (κ1) is 9.93. The Morgan fingerprint density at radius 1 is 1.13 bits per heavy atom. The van der Waals surface area contributed by atoms with Crippen LogP contribution in [0.1, 0.15) is 0 Å². The van der Waals surface area contributed by atoms with Gasteiger partial charge in [0.15, 0.2) is 0 Å². The largest absolute Gasteiger partial charge is 0.497 e. The van der Waals surface area contributed by atoms with E-state index in [0.29, 0.717) is 0 Å². The molecule has 2 nitrogen and oxygen atoms in total. The van der Waals surface area contributed by atoms with Crippen LogP contribution in [0.5, 0.6) is 5.75 Å². The Morgan fingerprint density at radius 3 is 2.67 bits per heavy atom. The van der Waals surface area contributed by atoms with E-state index in [4.69, 9.17) is 17.0 Å². The second-order valence-electron chi connectivity index (χ2n) is 3.16. The minimum absolute atomic E-state index is 0.732. The van der Waals surface area contributed by atoms with Gasteiger partial charge in [-0.25, -0.2) is 0 Å². The number of ether oxygens (including phenoxy) is 1. The lowest BCUT2D eigenvalue weighted by molar-refractivity contribution is 0.415. The zero-order chi connectivity index (χ0) is 10.7. The van der Waals surface area contributed by atoms with E-state index in [-0.39, 0.29) is 0 Å². The maximum atomic E-state index is 5.17. The van der Waals surface area contributed by atoms with Crippen molar-refractivity contribution in [2.75, 3.05) is 7.11 Å². The van der Waals surface area contributed by atoms with E-state index in [0.717, 1.165) is 21.6 Å². The Labute approximate surface area is 93.5 Å². The monoisotopic (exact) mass is 217 g/mol. The van der Waals surface area contributed by atoms with Crippen molar-refractivity contribution in [3.8, 4) is 17.0 Å². The van der Waals surface area contributed by atoms with Gasteiger partial charge in [-0.2, -0.15) is 0 Å². The van der Waals surface area contributed by atoms with E-state index < -0.39 is 0 Å². The summed E-state index contributed by atoms with van der Waals surface area (Å²) in [7, 11) is 1.66. The van der Waals surface area contributed by atoms with E-state index in [1.807, 2.05) is 42.5 Å². The Morgan fingerprint density at radius 2 is 1.93 bits per heavy atom. The summed E-state index contributed by atoms with van der Waals surface area (Å²) in [5, 5.41) is 0. The van der Waals surface area contributed by atoms with E-state index in [2.05, 4.69) is 4.98 Å². The quantitative estimate of drug-likeness (QED) is 0.780. The number of aromatic amines is 1. The van der Waals surface area contributed by atoms with Crippen LogP contribution in [0.3, 0.4) is 0 Å². The fraction of sp³-hybridized carbons (Fsp3) is 0.0833. The maximum Gasteiger partial charge on any atom is 0.119 e. The third-order valence-corrected chi connectivity index (χ3v) is 2.39. The Balaban J connectivity index is 2.49. The smallest absolute Gasteiger partial charge is 0.119 e. The number of rotatable bonds is 2. The van der Waals surface area contributed by atoms with Crippen molar-refractivity contribution in [2.24, 2.45) is 0 Å². The van der Waals surface area contributed by atoms with Crippen LogP contribution < -0.4 is 4.74 Å². The summed E-state index contributed by atoms with van der Waals surface area (Å²) in [6.45, 7) is 0. The molecule has 0 aliphatic heterocycles. The molecular weight excluding hydrogens is 206 g/mol. The topological polar surface area (TPSA) is 25.0 Å². The van der Waals surface area contributed by atoms with Crippen LogP contribution in [-0.4, -0.2) is 12.1 Å². The van der Waals surface area contributed by atoms with E-state index in [9.17, 15) is 0 Å². The van der Waals surface area contributed by atoms with Crippen molar-refractivity contribution < 1.29 is 4.74 Å². The van der Waals surface area contributed by atoms with Crippen molar-refractivity contribution in [1.29, 1.82) is 0 Å². The van der Waals surface area contributed by atoms with Crippen molar-refractivity contribution >= 4 is 12.2 Å². The molecule has 1 aromatic heterocycles. The van der Waals surface area contributed by atoms with Crippen molar-refractivity contribution in [3.05, 3.63) is 47.1 Å². The minimum Gasteiger partial charge on any atom is -0.497 e. The molecule has 2 rings (SSSR count). The molecule has 0 aliphatic carbocycles. The summed E-state index contributed by atoms with van der Waals surface area (Å²) in [5.74, 6) is 0.843. The molecule has 0 spiro atoms. The summed E-state index contributed by atoms with van der Waals surface area (Å²) >= 11 is 5.07. The molecule has 0 saturated heterocycles. The highest BCUT2D eigenvalue weighted by Crippen LogP contribution is 2.21. The first-order valence-electron chi connectivity index (χ1n) is 4.63. The first-order valence-corrected chi connectivity index (χ1v) is 5.04. The van der Waals surface area contributed by atoms with Crippen LogP contribution >= 0.6 is 12.2 Å². The van der Waals surface area contributed by atoms with Crippen molar-refractivity contribution in [1.82, 2.24) is 4.98 Å².